The average molecular weight is 402 g/mol. The van der Waals surface area contributed by atoms with Crippen LogP contribution in [-0.4, -0.2) is 52.8 Å². The van der Waals surface area contributed by atoms with E-state index in [1.54, 1.807) is 44.5 Å². The normalized spacial score (nSPS) is 15.5. The summed E-state index contributed by atoms with van der Waals surface area (Å²) in [6.07, 6.45) is 1.03. The summed E-state index contributed by atoms with van der Waals surface area (Å²) in [7, 11) is 5.24. The van der Waals surface area contributed by atoms with Crippen LogP contribution in [0.3, 0.4) is 0 Å². The van der Waals surface area contributed by atoms with Gasteiger partial charge >= 0.3 is 0 Å². The van der Waals surface area contributed by atoms with E-state index in [1.807, 2.05) is 42.5 Å². The van der Waals surface area contributed by atoms with Crippen molar-refractivity contribution in [3.63, 3.8) is 0 Å². The maximum Gasteiger partial charge on any atom is 0.253 e. The minimum atomic E-state index is -0.581. The van der Waals surface area contributed by atoms with Crippen molar-refractivity contribution in [2.45, 2.75) is 6.23 Å². The molecule has 0 radical (unpaired) electrons. The Hall–Kier alpha value is -3.94. The molecule has 1 aromatic heterocycles. The smallest absolute Gasteiger partial charge is 0.253 e. The second-order valence-corrected chi connectivity index (χ2v) is 7.12. The van der Waals surface area contributed by atoms with E-state index in [-0.39, 0.29) is 11.7 Å². The largest absolute Gasteiger partial charge is 0.444 e. The van der Waals surface area contributed by atoms with E-state index in [9.17, 15) is 4.79 Å². The molecule has 0 spiro atoms. The number of amides is 1. The summed E-state index contributed by atoms with van der Waals surface area (Å²) in [6.45, 7) is 0. The summed E-state index contributed by atoms with van der Waals surface area (Å²) in [6, 6.07) is 16.9. The lowest BCUT2D eigenvalue weighted by atomic mass is 10.1. The highest BCUT2D eigenvalue weighted by Crippen LogP contribution is 2.31. The highest BCUT2D eigenvalue weighted by molar-refractivity contribution is 5.95. The molecule has 1 aliphatic rings. The van der Waals surface area contributed by atoms with Gasteiger partial charge in [-0.2, -0.15) is 0 Å². The highest BCUT2D eigenvalue weighted by Gasteiger charge is 2.31. The Morgan fingerprint density at radius 2 is 1.77 bits per heavy atom. The lowest BCUT2D eigenvalue weighted by Gasteiger charge is -2.19. The average Bonchev–Trinajstić information content (AvgIpc) is 3.15. The van der Waals surface area contributed by atoms with Crippen LogP contribution in [-0.2, 0) is 4.74 Å². The van der Waals surface area contributed by atoms with Gasteiger partial charge in [0.05, 0.1) is 11.9 Å². The van der Waals surface area contributed by atoms with E-state index in [0.29, 0.717) is 22.8 Å². The second-order valence-electron chi connectivity index (χ2n) is 7.12. The first-order valence-electron chi connectivity index (χ1n) is 9.42. The first-order valence-corrected chi connectivity index (χ1v) is 9.42. The summed E-state index contributed by atoms with van der Waals surface area (Å²) < 4.78 is 6.04. The molecule has 0 bridgehead atoms. The van der Waals surface area contributed by atoms with Crippen LogP contribution in [0, 0.1) is 0 Å². The van der Waals surface area contributed by atoms with Gasteiger partial charge in [0.25, 0.3) is 5.91 Å². The van der Waals surface area contributed by atoms with Crippen LogP contribution in [0.4, 0.5) is 5.82 Å². The number of nitrogens with two attached hydrogens (primary N) is 1. The molecule has 2 N–H and O–H groups in total. The third-order valence-electron chi connectivity index (χ3n) is 4.73. The van der Waals surface area contributed by atoms with Crippen molar-refractivity contribution in [1.29, 1.82) is 0 Å². The molecule has 2 heterocycles. The van der Waals surface area contributed by atoms with Gasteiger partial charge in [0.2, 0.25) is 12.1 Å². The first-order chi connectivity index (χ1) is 14.4. The van der Waals surface area contributed by atoms with Crippen LogP contribution in [0.5, 0.6) is 0 Å². The van der Waals surface area contributed by atoms with Gasteiger partial charge in [-0.05, 0) is 24.3 Å². The lowest BCUT2D eigenvalue weighted by molar-refractivity contribution is 0.0744. The Balaban J connectivity index is 1.61. The zero-order valence-corrected chi connectivity index (χ0v) is 17.0. The summed E-state index contributed by atoms with van der Waals surface area (Å²) in [5, 5.41) is 6.14. The van der Waals surface area contributed by atoms with Gasteiger partial charge < -0.3 is 15.4 Å². The van der Waals surface area contributed by atoms with E-state index >= 15 is 0 Å². The van der Waals surface area contributed by atoms with Gasteiger partial charge in [0.1, 0.15) is 5.69 Å². The fraction of sp³-hybridized carbons (Fsp3) is 0.182. The molecule has 0 fully saturated rings. The third kappa shape index (κ3) is 3.67. The molecule has 8 nitrogen and oxygen atoms in total. The van der Waals surface area contributed by atoms with Crippen LogP contribution in [0.25, 0.3) is 11.3 Å². The molecule has 0 aliphatic carbocycles. The SMILES string of the molecule is CN(C)C(=O)c1ccc(-c2cnc(N)c(C3OC(c4ccccc4)=NN3C)n2)cc1. The van der Waals surface area contributed by atoms with Crippen molar-refractivity contribution < 1.29 is 9.53 Å². The molecule has 4 rings (SSSR count). The number of hydrazone groups is 1. The highest BCUT2D eigenvalue weighted by atomic mass is 16.5. The predicted octanol–water partition coefficient (Wildman–Crippen LogP) is 2.75. The molecular weight excluding hydrogens is 380 g/mol. The molecule has 1 atom stereocenters. The summed E-state index contributed by atoms with van der Waals surface area (Å²) in [4.78, 5) is 22.6. The number of hydrogen-bond acceptors (Lipinski definition) is 7. The molecule has 1 aliphatic heterocycles. The Kier molecular flexibility index (Phi) is 5.05. The number of ether oxygens (including phenoxy) is 1. The first kappa shape index (κ1) is 19.4. The molecule has 30 heavy (non-hydrogen) atoms. The van der Waals surface area contributed by atoms with Crippen LogP contribution in [0.1, 0.15) is 27.8 Å². The topological polar surface area (TPSA) is 96.9 Å². The Bertz CT molecular complexity index is 1100. The van der Waals surface area contributed by atoms with Crippen molar-refractivity contribution in [2.24, 2.45) is 5.10 Å². The van der Waals surface area contributed by atoms with E-state index in [2.05, 4.69) is 15.1 Å². The summed E-state index contributed by atoms with van der Waals surface area (Å²) in [5.41, 5.74) is 9.52. The number of nitrogen functional groups attached to an aromatic ring is 1. The number of hydrogen-bond donors (Lipinski definition) is 1. The third-order valence-corrected chi connectivity index (χ3v) is 4.73. The summed E-state index contributed by atoms with van der Waals surface area (Å²) >= 11 is 0. The van der Waals surface area contributed by atoms with Gasteiger partial charge in [0, 0.05) is 37.8 Å². The fourth-order valence-electron chi connectivity index (χ4n) is 3.12. The number of rotatable bonds is 4. The zero-order chi connectivity index (χ0) is 21.3. The molecule has 0 saturated heterocycles. The predicted molar refractivity (Wildman–Crippen MR) is 114 cm³/mol. The number of benzene rings is 2. The van der Waals surface area contributed by atoms with E-state index in [0.717, 1.165) is 11.1 Å². The zero-order valence-electron chi connectivity index (χ0n) is 17.0. The van der Waals surface area contributed by atoms with Gasteiger partial charge in [-0.1, -0.05) is 30.3 Å². The quantitative estimate of drug-likeness (QED) is 0.721. The maximum absolute atomic E-state index is 12.1. The van der Waals surface area contributed by atoms with E-state index < -0.39 is 6.23 Å². The number of anilines is 1. The number of aromatic nitrogens is 2. The molecule has 8 heteroatoms. The molecule has 1 amide bonds. The van der Waals surface area contributed by atoms with Crippen LogP contribution in [0.15, 0.2) is 65.9 Å². The lowest BCUT2D eigenvalue weighted by Crippen LogP contribution is -2.21. The van der Waals surface area contributed by atoms with Crippen LogP contribution in [0.2, 0.25) is 0 Å². The second kappa shape index (κ2) is 7.82. The Morgan fingerprint density at radius 3 is 2.43 bits per heavy atom. The minimum Gasteiger partial charge on any atom is -0.444 e. The number of carbonyl (C=O) groups is 1. The standard InChI is InChI=1S/C22H22N6O2/c1-27(2)21(29)16-11-9-14(10-12-16)17-13-24-19(23)18(25-17)22-28(3)26-20(30-22)15-7-5-4-6-8-15/h4-13,22H,1-3H3,(H2,23,24). The minimum absolute atomic E-state index is 0.0581. The van der Waals surface area contributed by atoms with Gasteiger partial charge in [0.15, 0.2) is 5.82 Å². The van der Waals surface area contributed by atoms with Gasteiger partial charge in [-0.25, -0.2) is 9.97 Å². The van der Waals surface area contributed by atoms with Crippen LogP contribution >= 0.6 is 0 Å². The van der Waals surface area contributed by atoms with Crippen molar-refractivity contribution in [3.8, 4) is 11.3 Å². The number of carbonyl (C=O) groups excluding carboxylic acids is 1. The van der Waals surface area contributed by atoms with Gasteiger partial charge in [-0.3, -0.25) is 9.80 Å². The van der Waals surface area contributed by atoms with Gasteiger partial charge in [-0.15, -0.1) is 5.10 Å². The maximum atomic E-state index is 12.1. The Labute approximate surface area is 174 Å². The Morgan fingerprint density at radius 1 is 1.07 bits per heavy atom. The fourth-order valence-corrected chi connectivity index (χ4v) is 3.12. The molecule has 0 saturated carbocycles. The van der Waals surface area contributed by atoms with E-state index in [4.69, 9.17) is 10.5 Å². The van der Waals surface area contributed by atoms with Crippen molar-refractivity contribution in [2.75, 3.05) is 26.9 Å². The molecule has 152 valence electrons. The molecule has 2 aromatic carbocycles. The molecule has 3 aromatic rings. The summed E-state index contributed by atoms with van der Waals surface area (Å²) in [5.74, 6) is 0.720. The van der Waals surface area contributed by atoms with Crippen molar-refractivity contribution >= 4 is 17.6 Å². The molecular formula is C22H22N6O2. The molecule has 1 unspecified atom stereocenters. The van der Waals surface area contributed by atoms with Crippen molar-refractivity contribution in [3.05, 3.63) is 77.6 Å². The van der Waals surface area contributed by atoms with Crippen LogP contribution < -0.4 is 5.73 Å². The van der Waals surface area contributed by atoms with Crippen molar-refractivity contribution in [1.82, 2.24) is 19.9 Å². The monoisotopic (exact) mass is 402 g/mol. The van der Waals surface area contributed by atoms with E-state index in [1.165, 1.54) is 4.90 Å². The number of nitrogens with zero attached hydrogens (tertiary/aromatic N) is 5.